The first-order valence-electron chi connectivity index (χ1n) is 8.55. The van der Waals surface area contributed by atoms with Crippen molar-refractivity contribution in [3.05, 3.63) is 54.6 Å². The van der Waals surface area contributed by atoms with Gasteiger partial charge < -0.3 is 10.5 Å². The molecule has 0 saturated carbocycles. The third-order valence-corrected chi connectivity index (χ3v) is 4.34. The van der Waals surface area contributed by atoms with Crippen molar-refractivity contribution >= 4 is 40.6 Å². The number of carbonyl (C=O) groups excluding carboxylic acids is 1. The van der Waals surface area contributed by atoms with E-state index in [1.165, 1.54) is 29.9 Å². The minimum Gasteiger partial charge on any atom is -0.383 e. The molecule has 10 heteroatoms. The van der Waals surface area contributed by atoms with Crippen LogP contribution in [0.5, 0.6) is 0 Å². The van der Waals surface area contributed by atoms with Crippen molar-refractivity contribution in [2.75, 3.05) is 30.9 Å². The van der Waals surface area contributed by atoms with Gasteiger partial charge in [0, 0.05) is 35.8 Å². The van der Waals surface area contributed by atoms with Crippen LogP contribution in [0, 0.1) is 5.92 Å². The van der Waals surface area contributed by atoms with Crippen molar-refractivity contribution < 1.29 is 9.53 Å². The summed E-state index contributed by atoms with van der Waals surface area (Å²) in [5, 5.41) is 0.545. The summed E-state index contributed by atoms with van der Waals surface area (Å²) < 4.78 is 6.29. The van der Waals surface area contributed by atoms with Crippen LogP contribution in [0.4, 0.5) is 11.5 Å². The number of rotatable bonds is 7. The Labute approximate surface area is 171 Å². The molecule has 0 radical (unpaired) electrons. The highest BCUT2D eigenvalue weighted by atomic mass is 35.5. The summed E-state index contributed by atoms with van der Waals surface area (Å²) in [5.74, 6) is -0.554. The van der Waals surface area contributed by atoms with Crippen LogP contribution in [0.15, 0.2) is 27.8 Å². The van der Waals surface area contributed by atoms with Gasteiger partial charge in [0.05, 0.1) is 6.61 Å². The number of halogens is 2. The number of benzene rings is 1. The Hall–Kier alpha value is -2.29. The van der Waals surface area contributed by atoms with E-state index in [9.17, 15) is 14.4 Å². The number of nitrogen functional groups attached to an aromatic ring is 1. The zero-order valence-electron chi connectivity index (χ0n) is 15.8. The third-order valence-electron chi connectivity index (χ3n) is 3.91. The lowest BCUT2D eigenvalue weighted by atomic mass is 10.2. The fourth-order valence-corrected chi connectivity index (χ4v) is 3.24. The Bertz CT molecular complexity index is 964. The van der Waals surface area contributed by atoms with E-state index in [2.05, 4.69) is 4.98 Å². The summed E-state index contributed by atoms with van der Waals surface area (Å²) in [6, 6.07) is 4.36. The van der Waals surface area contributed by atoms with E-state index in [-0.39, 0.29) is 52.7 Å². The molecule has 1 heterocycles. The van der Waals surface area contributed by atoms with Crippen LogP contribution in [0.1, 0.15) is 24.2 Å². The molecule has 0 aliphatic heterocycles. The minimum absolute atomic E-state index is 0.0344. The summed E-state index contributed by atoms with van der Waals surface area (Å²) in [4.78, 5) is 41.2. The number of carbonyl (C=O) groups is 1. The van der Waals surface area contributed by atoms with Crippen LogP contribution in [0.3, 0.4) is 0 Å². The number of aromatic nitrogens is 2. The molecule has 0 aliphatic carbocycles. The van der Waals surface area contributed by atoms with Crippen molar-refractivity contribution in [1.29, 1.82) is 0 Å². The number of amides is 1. The molecular weight excluding hydrogens is 407 g/mol. The molecule has 1 amide bonds. The molecule has 0 bridgehead atoms. The Morgan fingerprint density at radius 2 is 1.86 bits per heavy atom. The van der Waals surface area contributed by atoms with Crippen LogP contribution < -0.4 is 21.9 Å². The van der Waals surface area contributed by atoms with Gasteiger partial charge in [-0.2, -0.15) is 0 Å². The summed E-state index contributed by atoms with van der Waals surface area (Å²) >= 11 is 12.0. The lowest BCUT2D eigenvalue weighted by molar-refractivity contribution is 0.0975. The molecular formula is C18H22Cl2N4O4. The summed E-state index contributed by atoms with van der Waals surface area (Å²) in [5.41, 5.74) is 4.79. The molecule has 0 aliphatic rings. The number of nitrogens with two attached hydrogens (primary N) is 1. The second kappa shape index (κ2) is 9.27. The van der Waals surface area contributed by atoms with E-state index in [0.717, 1.165) is 4.90 Å². The maximum absolute atomic E-state index is 13.1. The van der Waals surface area contributed by atoms with Crippen molar-refractivity contribution in [1.82, 2.24) is 9.55 Å². The van der Waals surface area contributed by atoms with Gasteiger partial charge in [-0.05, 0) is 24.1 Å². The molecule has 0 fully saturated rings. The third kappa shape index (κ3) is 4.95. The average Bonchev–Trinajstić information content (AvgIpc) is 2.59. The number of aromatic amines is 1. The molecule has 0 atom stereocenters. The molecule has 152 valence electrons. The minimum atomic E-state index is -0.764. The average molecular weight is 429 g/mol. The van der Waals surface area contributed by atoms with Crippen molar-refractivity contribution in [2.45, 2.75) is 20.4 Å². The standard InChI is InChI=1S/C18H22Cl2N4O4/c1-10(2)9-24-15(21)14(16(25)22-18(24)27)23(4-5-28-3)17(26)11-6-12(19)8-13(20)7-11/h6-8,10H,4-5,9,21H2,1-3H3,(H,22,25,27). The Morgan fingerprint density at radius 3 is 2.39 bits per heavy atom. The van der Waals surface area contributed by atoms with Gasteiger partial charge in [0.25, 0.3) is 11.5 Å². The number of ether oxygens (including phenoxy) is 1. The Kier molecular flexibility index (Phi) is 7.29. The number of nitrogens with one attached hydrogen (secondary N) is 1. The number of hydrogen-bond donors (Lipinski definition) is 2. The highest BCUT2D eigenvalue weighted by molar-refractivity contribution is 6.35. The predicted molar refractivity (Wildman–Crippen MR) is 111 cm³/mol. The first-order chi connectivity index (χ1) is 13.1. The SMILES string of the molecule is COCCN(C(=O)c1cc(Cl)cc(Cl)c1)c1c(N)n(CC(C)C)c(=O)[nH]c1=O. The van der Waals surface area contributed by atoms with Gasteiger partial charge in [-0.25, -0.2) is 4.79 Å². The van der Waals surface area contributed by atoms with E-state index in [4.69, 9.17) is 33.7 Å². The van der Waals surface area contributed by atoms with E-state index < -0.39 is 17.2 Å². The molecule has 0 spiro atoms. The molecule has 1 aromatic heterocycles. The molecule has 0 saturated heterocycles. The largest absolute Gasteiger partial charge is 0.383 e. The lowest BCUT2D eigenvalue weighted by Crippen LogP contribution is -2.42. The van der Waals surface area contributed by atoms with Crippen molar-refractivity contribution in [2.24, 2.45) is 5.92 Å². The predicted octanol–water partition coefficient (Wildman–Crippen LogP) is 2.37. The van der Waals surface area contributed by atoms with E-state index in [1.807, 2.05) is 13.8 Å². The van der Waals surface area contributed by atoms with Crippen molar-refractivity contribution in [3.63, 3.8) is 0 Å². The van der Waals surface area contributed by atoms with E-state index in [1.54, 1.807) is 0 Å². The number of H-pyrrole nitrogens is 1. The van der Waals surface area contributed by atoms with E-state index >= 15 is 0 Å². The summed E-state index contributed by atoms with van der Waals surface area (Å²) in [6.07, 6.45) is 0. The number of anilines is 2. The monoisotopic (exact) mass is 428 g/mol. The quantitative estimate of drug-likeness (QED) is 0.702. The molecule has 3 N–H and O–H groups in total. The summed E-state index contributed by atoms with van der Waals surface area (Å²) in [6.45, 7) is 4.26. The molecule has 28 heavy (non-hydrogen) atoms. The van der Waals surface area contributed by atoms with Gasteiger partial charge in [0.2, 0.25) is 0 Å². The van der Waals surface area contributed by atoms with E-state index in [0.29, 0.717) is 0 Å². The topological polar surface area (TPSA) is 110 Å². The second-order valence-corrected chi connectivity index (χ2v) is 7.48. The maximum atomic E-state index is 13.1. The number of nitrogens with zero attached hydrogens (tertiary/aromatic N) is 2. The zero-order valence-corrected chi connectivity index (χ0v) is 17.3. The lowest BCUT2D eigenvalue weighted by Gasteiger charge is -2.25. The number of hydrogen-bond acceptors (Lipinski definition) is 5. The molecule has 8 nitrogen and oxygen atoms in total. The van der Waals surface area contributed by atoms with Crippen LogP contribution in [0.25, 0.3) is 0 Å². The van der Waals surface area contributed by atoms with Crippen LogP contribution >= 0.6 is 23.2 Å². The van der Waals surface area contributed by atoms with Gasteiger partial charge >= 0.3 is 5.69 Å². The number of methoxy groups -OCH3 is 1. The normalized spacial score (nSPS) is 11.1. The van der Waals surface area contributed by atoms with Gasteiger partial charge in [-0.3, -0.25) is 24.0 Å². The smallest absolute Gasteiger partial charge is 0.330 e. The Balaban J connectivity index is 2.64. The summed E-state index contributed by atoms with van der Waals surface area (Å²) in [7, 11) is 1.46. The molecule has 2 aromatic rings. The molecule has 0 unspecified atom stereocenters. The molecule has 1 aromatic carbocycles. The van der Waals surface area contributed by atoms with Gasteiger partial charge in [0.15, 0.2) is 5.69 Å². The second-order valence-electron chi connectivity index (χ2n) is 6.61. The van der Waals surface area contributed by atoms with Gasteiger partial charge in [0.1, 0.15) is 5.82 Å². The fraction of sp³-hybridized carbons (Fsp3) is 0.389. The van der Waals surface area contributed by atoms with Gasteiger partial charge in [-0.1, -0.05) is 37.0 Å². The zero-order chi connectivity index (χ0) is 21.0. The highest BCUT2D eigenvalue weighted by Crippen LogP contribution is 2.24. The van der Waals surface area contributed by atoms with Gasteiger partial charge in [-0.15, -0.1) is 0 Å². The first-order valence-corrected chi connectivity index (χ1v) is 9.30. The Morgan fingerprint density at radius 1 is 1.25 bits per heavy atom. The van der Waals surface area contributed by atoms with Crippen molar-refractivity contribution in [3.8, 4) is 0 Å². The highest BCUT2D eigenvalue weighted by Gasteiger charge is 2.25. The maximum Gasteiger partial charge on any atom is 0.330 e. The first kappa shape index (κ1) is 22.0. The fourth-order valence-electron chi connectivity index (χ4n) is 2.72. The molecule has 2 rings (SSSR count). The van der Waals surface area contributed by atoms with Crippen LogP contribution in [-0.2, 0) is 11.3 Å². The van der Waals surface area contributed by atoms with Crippen LogP contribution in [0.2, 0.25) is 10.0 Å². The van der Waals surface area contributed by atoms with Crippen LogP contribution in [-0.4, -0.2) is 35.7 Å².